The molecule has 1 atom stereocenters. The lowest BCUT2D eigenvalue weighted by Gasteiger charge is -2.32. The van der Waals surface area contributed by atoms with Crippen LogP contribution in [0.4, 0.5) is 5.69 Å². The van der Waals surface area contributed by atoms with Crippen LogP contribution in [-0.4, -0.2) is 35.3 Å². The van der Waals surface area contributed by atoms with Crippen molar-refractivity contribution in [2.45, 2.75) is 50.9 Å². The molecule has 1 aliphatic carbocycles. The van der Waals surface area contributed by atoms with E-state index in [1.165, 1.54) is 0 Å². The van der Waals surface area contributed by atoms with Gasteiger partial charge in [0.1, 0.15) is 12.4 Å². The number of amides is 2. The molecule has 1 aromatic carbocycles. The van der Waals surface area contributed by atoms with Crippen LogP contribution in [0.25, 0.3) is 0 Å². The van der Waals surface area contributed by atoms with Gasteiger partial charge in [-0.05, 0) is 37.5 Å². The monoisotopic (exact) mass is 333 g/mol. The van der Waals surface area contributed by atoms with Gasteiger partial charge in [0, 0.05) is 12.6 Å². The van der Waals surface area contributed by atoms with E-state index >= 15 is 0 Å². The third kappa shape index (κ3) is 3.97. The zero-order valence-electron chi connectivity index (χ0n) is 13.7. The van der Waals surface area contributed by atoms with Gasteiger partial charge in [0.2, 0.25) is 0 Å². The van der Waals surface area contributed by atoms with Crippen LogP contribution in [0.15, 0.2) is 18.2 Å². The number of aliphatic hydroxyl groups is 1. The van der Waals surface area contributed by atoms with E-state index in [0.717, 1.165) is 31.2 Å². The summed E-state index contributed by atoms with van der Waals surface area (Å²) in [5, 5.41) is 18.3. The number of carbonyl (C=O) groups excluding carboxylic acids is 2. The summed E-state index contributed by atoms with van der Waals surface area (Å²) in [6, 6.07) is 5.50. The summed E-state index contributed by atoms with van der Waals surface area (Å²) in [4.78, 5) is 23.7. The fraction of sp³-hybridized carbons (Fsp3) is 0.529. The number of fused-ring (bicyclic) bond motifs is 1. The molecular weight excluding hydrogens is 310 g/mol. The first kappa shape index (κ1) is 16.6. The number of rotatable bonds is 3. The minimum absolute atomic E-state index is 0.124. The molecule has 4 N–H and O–H groups in total. The quantitative estimate of drug-likeness (QED) is 0.615. The SMILES string of the molecule is CC1(O)COc2cc(CNC(=O)C(=O)NC3CCCC3)ccc2N1. The first-order valence-corrected chi connectivity index (χ1v) is 8.28. The van der Waals surface area contributed by atoms with Gasteiger partial charge in [-0.25, -0.2) is 0 Å². The summed E-state index contributed by atoms with van der Waals surface area (Å²) in [6.07, 6.45) is 4.08. The Bertz CT molecular complexity index is 639. The highest BCUT2D eigenvalue weighted by Crippen LogP contribution is 2.32. The topological polar surface area (TPSA) is 99.7 Å². The van der Waals surface area contributed by atoms with Gasteiger partial charge in [-0.3, -0.25) is 9.59 Å². The number of hydrogen-bond acceptors (Lipinski definition) is 5. The average Bonchev–Trinajstić information content (AvgIpc) is 3.04. The molecule has 1 fully saturated rings. The molecule has 2 amide bonds. The molecule has 1 unspecified atom stereocenters. The summed E-state index contributed by atoms with van der Waals surface area (Å²) < 4.78 is 5.52. The van der Waals surface area contributed by atoms with Gasteiger partial charge in [-0.1, -0.05) is 18.9 Å². The van der Waals surface area contributed by atoms with Crippen molar-refractivity contribution in [1.29, 1.82) is 0 Å². The Morgan fingerprint density at radius 3 is 2.83 bits per heavy atom. The van der Waals surface area contributed by atoms with Gasteiger partial charge in [-0.15, -0.1) is 0 Å². The van der Waals surface area contributed by atoms with Crippen molar-refractivity contribution in [2.24, 2.45) is 0 Å². The zero-order chi connectivity index (χ0) is 17.2. The summed E-state index contributed by atoms with van der Waals surface area (Å²) in [6.45, 7) is 2.01. The summed E-state index contributed by atoms with van der Waals surface area (Å²) in [5.41, 5.74) is 0.417. The van der Waals surface area contributed by atoms with E-state index in [4.69, 9.17) is 4.74 Å². The predicted molar refractivity (Wildman–Crippen MR) is 88.4 cm³/mol. The second-order valence-corrected chi connectivity index (χ2v) is 6.66. The van der Waals surface area contributed by atoms with Crippen molar-refractivity contribution >= 4 is 17.5 Å². The molecule has 0 saturated heterocycles. The van der Waals surface area contributed by atoms with Crippen molar-refractivity contribution in [3.63, 3.8) is 0 Å². The Balaban J connectivity index is 1.53. The zero-order valence-corrected chi connectivity index (χ0v) is 13.7. The molecule has 1 saturated carbocycles. The summed E-state index contributed by atoms with van der Waals surface area (Å²) >= 11 is 0. The maximum absolute atomic E-state index is 11.9. The molecule has 2 aliphatic rings. The molecular formula is C17H23N3O4. The Hall–Kier alpha value is -2.28. The lowest BCUT2D eigenvalue weighted by molar-refractivity contribution is -0.139. The minimum Gasteiger partial charge on any atom is -0.486 e. The first-order valence-electron chi connectivity index (χ1n) is 8.28. The van der Waals surface area contributed by atoms with Crippen LogP contribution in [0.5, 0.6) is 5.75 Å². The molecule has 7 heteroatoms. The Kier molecular flexibility index (Phi) is 4.62. The van der Waals surface area contributed by atoms with Crippen molar-refractivity contribution in [3.05, 3.63) is 23.8 Å². The molecule has 7 nitrogen and oxygen atoms in total. The second-order valence-electron chi connectivity index (χ2n) is 6.66. The maximum Gasteiger partial charge on any atom is 0.309 e. The molecule has 1 aromatic rings. The van der Waals surface area contributed by atoms with Crippen molar-refractivity contribution in [2.75, 3.05) is 11.9 Å². The summed E-state index contributed by atoms with van der Waals surface area (Å²) in [5.74, 6) is -0.584. The molecule has 0 bridgehead atoms. The van der Waals surface area contributed by atoms with Crippen LogP contribution in [0.1, 0.15) is 38.2 Å². The van der Waals surface area contributed by atoms with Crippen LogP contribution >= 0.6 is 0 Å². The van der Waals surface area contributed by atoms with Gasteiger partial charge in [0.15, 0.2) is 5.72 Å². The normalized spacial score (nSPS) is 22.9. The van der Waals surface area contributed by atoms with E-state index in [-0.39, 0.29) is 19.2 Å². The molecule has 24 heavy (non-hydrogen) atoms. The standard InChI is InChI=1S/C17H23N3O4/c1-17(23)10-24-14-8-11(6-7-13(14)20-17)9-18-15(21)16(22)19-12-4-2-3-5-12/h6-8,12,20,23H,2-5,9-10H2,1H3,(H,18,21)(H,19,22). The molecule has 1 heterocycles. The fourth-order valence-corrected chi connectivity index (χ4v) is 3.03. The van der Waals surface area contributed by atoms with E-state index < -0.39 is 17.5 Å². The van der Waals surface area contributed by atoms with Gasteiger partial charge in [0.05, 0.1) is 5.69 Å². The lowest BCUT2D eigenvalue weighted by Crippen LogP contribution is -2.44. The molecule has 0 radical (unpaired) electrons. The number of carbonyl (C=O) groups is 2. The van der Waals surface area contributed by atoms with Crippen molar-refractivity contribution in [1.82, 2.24) is 10.6 Å². The lowest BCUT2D eigenvalue weighted by atomic mass is 10.1. The highest BCUT2D eigenvalue weighted by atomic mass is 16.5. The molecule has 0 spiro atoms. The Morgan fingerprint density at radius 2 is 2.08 bits per heavy atom. The summed E-state index contributed by atoms with van der Waals surface area (Å²) in [7, 11) is 0. The Labute approximate surface area is 140 Å². The first-order chi connectivity index (χ1) is 11.4. The van der Waals surface area contributed by atoms with Crippen LogP contribution in [0.3, 0.4) is 0 Å². The molecule has 3 rings (SSSR count). The van der Waals surface area contributed by atoms with Gasteiger partial charge < -0.3 is 25.8 Å². The Morgan fingerprint density at radius 1 is 1.33 bits per heavy atom. The van der Waals surface area contributed by atoms with Crippen LogP contribution in [0, 0.1) is 0 Å². The van der Waals surface area contributed by atoms with E-state index in [2.05, 4.69) is 16.0 Å². The number of anilines is 1. The largest absolute Gasteiger partial charge is 0.486 e. The predicted octanol–water partition coefficient (Wildman–Crippen LogP) is 0.874. The van der Waals surface area contributed by atoms with Gasteiger partial charge in [0.25, 0.3) is 0 Å². The van der Waals surface area contributed by atoms with E-state index in [1.54, 1.807) is 19.1 Å². The van der Waals surface area contributed by atoms with Crippen LogP contribution in [-0.2, 0) is 16.1 Å². The highest BCUT2D eigenvalue weighted by Gasteiger charge is 2.27. The molecule has 0 aromatic heterocycles. The van der Waals surface area contributed by atoms with E-state index in [9.17, 15) is 14.7 Å². The van der Waals surface area contributed by atoms with E-state index in [0.29, 0.717) is 11.4 Å². The second kappa shape index (κ2) is 6.68. The van der Waals surface area contributed by atoms with Crippen molar-refractivity contribution < 1.29 is 19.4 Å². The van der Waals surface area contributed by atoms with Gasteiger partial charge in [-0.2, -0.15) is 0 Å². The van der Waals surface area contributed by atoms with Crippen molar-refractivity contribution in [3.8, 4) is 5.75 Å². The number of benzene rings is 1. The minimum atomic E-state index is -1.10. The smallest absolute Gasteiger partial charge is 0.309 e. The highest BCUT2D eigenvalue weighted by molar-refractivity contribution is 6.35. The number of nitrogens with one attached hydrogen (secondary N) is 3. The third-order valence-corrected chi connectivity index (χ3v) is 4.31. The molecule has 130 valence electrons. The third-order valence-electron chi connectivity index (χ3n) is 4.31. The van der Waals surface area contributed by atoms with Crippen LogP contribution < -0.4 is 20.7 Å². The fourth-order valence-electron chi connectivity index (χ4n) is 3.03. The van der Waals surface area contributed by atoms with Gasteiger partial charge >= 0.3 is 11.8 Å². The van der Waals surface area contributed by atoms with E-state index in [1.807, 2.05) is 6.07 Å². The van der Waals surface area contributed by atoms with Crippen LogP contribution in [0.2, 0.25) is 0 Å². The number of ether oxygens (including phenoxy) is 1. The average molecular weight is 333 g/mol. The molecule has 1 aliphatic heterocycles. The maximum atomic E-state index is 11.9. The number of hydrogen-bond donors (Lipinski definition) is 4.